The fourth-order valence-electron chi connectivity index (χ4n) is 4.23. The predicted octanol–water partition coefficient (Wildman–Crippen LogP) is 6.80. The van der Waals surface area contributed by atoms with E-state index in [4.69, 9.17) is 0 Å². The Labute approximate surface area is 238 Å². The Kier molecular flexibility index (Phi) is 8.78. The van der Waals surface area contributed by atoms with Crippen molar-refractivity contribution in [1.29, 1.82) is 0 Å². The molecule has 1 aromatic heterocycles. The van der Waals surface area contributed by atoms with Crippen LogP contribution in [0.25, 0.3) is 0 Å². The van der Waals surface area contributed by atoms with Gasteiger partial charge in [0.25, 0.3) is 0 Å². The second kappa shape index (κ2) is 11.6. The standard InChI is InChI=1S/C27H32F4N6OS.Co/c1-26(2,3)39(38)36-20-7-5-6-18(14-20)33-24-22(27(29,30)31)16-32-25(35-24)34-19-8-9-21(23(28)15-19)17-10-12-37(4)13-11-17;/h5-9,14-17,36H,10-13H2,1-4H3,(H2,32,33,34,35);. The molecule has 0 amide bonds. The minimum absolute atomic E-state index is 0.118. The van der Waals surface area contributed by atoms with Gasteiger partial charge in [-0.2, -0.15) is 0 Å². The number of hydrogen-bond acceptors (Lipinski definition) is 6. The van der Waals surface area contributed by atoms with E-state index in [0.717, 1.165) is 25.9 Å². The van der Waals surface area contributed by atoms with Crippen molar-refractivity contribution in [3.8, 4) is 0 Å². The monoisotopic (exact) mass is 623 g/mol. The van der Waals surface area contributed by atoms with E-state index in [2.05, 4.69) is 44.3 Å². The van der Waals surface area contributed by atoms with Crippen molar-refractivity contribution in [3.05, 3.63) is 65.6 Å². The summed E-state index contributed by atoms with van der Waals surface area (Å²) in [5, 5.41) is 5.50. The fourth-order valence-corrected chi connectivity index (χ4v) is 5.32. The normalized spacial score (nSPS) is 16.8. The minimum atomic E-state index is -4.73. The number of rotatable bonds is 7. The molecule has 1 fully saturated rings. The minimum Gasteiger partial charge on any atom is -0.207 e. The molecule has 3 aromatic rings. The molecule has 2 heterocycles. The molecule has 1 aliphatic heterocycles. The van der Waals surface area contributed by atoms with Crippen LogP contribution >= 0.6 is 0 Å². The van der Waals surface area contributed by atoms with Crippen molar-refractivity contribution in [1.82, 2.24) is 14.9 Å². The van der Waals surface area contributed by atoms with Crippen LogP contribution in [0.3, 0.4) is 0 Å². The molecule has 219 valence electrons. The van der Waals surface area contributed by atoms with Crippen molar-refractivity contribution in [2.24, 2.45) is 0 Å². The van der Waals surface area contributed by atoms with Gasteiger partial charge in [-0.15, -0.1) is 0 Å². The second-order valence-electron chi connectivity index (χ2n) is 10.8. The molecular formula is C27H32CoF4N6OS. The van der Waals surface area contributed by atoms with Crippen LogP contribution in [0.2, 0.25) is 0 Å². The molecule has 0 radical (unpaired) electrons. The van der Waals surface area contributed by atoms with Gasteiger partial charge in [-0.1, -0.05) is 6.07 Å². The molecule has 1 aliphatic rings. The Balaban J connectivity index is 1.57. The van der Waals surface area contributed by atoms with Gasteiger partial charge in [0.1, 0.15) is 5.82 Å². The summed E-state index contributed by atoms with van der Waals surface area (Å²) in [6.45, 7) is 7.06. The third-order valence-corrected chi connectivity index (χ3v) is 10.9. The number of nitrogens with zero attached hydrogens (tertiary/aromatic N) is 3. The summed E-state index contributed by atoms with van der Waals surface area (Å²) in [7, 11) is -0.783. The fraction of sp³-hybridized carbons (Fsp3) is 0.407. The van der Waals surface area contributed by atoms with E-state index in [-0.39, 0.29) is 23.4 Å². The smallest absolute Gasteiger partial charge is 0.207 e. The van der Waals surface area contributed by atoms with E-state index in [9.17, 15) is 21.8 Å². The van der Waals surface area contributed by atoms with Gasteiger partial charge in [0, 0.05) is 0 Å². The molecule has 13 heteroatoms. The summed E-state index contributed by atoms with van der Waals surface area (Å²) < 4.78 is 71.4. The Hall–Kier alpha value is -2.74. The summed E-state index contributed by atoms with van der Waals surface area (Å²) in [6.07, 6.45) is -2.35. The SMILES string of the molecule is CN1CCC(c2ccc(Nc3ncc(C(F)(F)F)c(Nc4cccc(N[S](=O)(=[Co])C(C)(C)C)c4)n3)cc2F)CC1. The Morgan fingerprint density at radius 1 is 1.00 bits per heavy atom. The molecular weight excluding hydrogens is 591 g/mol. The first kappa shape index (κ1) is 30.2. The predicted molar refractivity (Wildman–Crippen MR) is 147 cm³/mol. The first-order valence-electron chi connectivity index (χ1n) is 12.7. The van der Waals surface area contributed by atoms with Crippen LogP contribution in [0.1, 0.15) is 50.7 Å². The van der Waals surface area contributed by atoms with Crippen molar-refractivity contribution in [2.75, 3.05) is 35.5 Å². The molecule has 40 heavy (non-hydrogen) atoms. The number of likely N-dealkylation sites (tertiary alicyclic amines) is 1. The van der Waals surface area contributed by atoms with Gasteiger partial charge in [-0.3, -0.25) is 0 Å². The molecule has 1 saturated heterocycles. The van der Waals surface area contributed by atoms with Crippen LogP contribution in [0.5, 0.6) is 0 Å². The number of alkyl halides is 3. The quantitative estimate of drug-likeness (QED) is 0.251. The van der Waals surface area contributed by atoms with Gasteiger partial charge < -0.3 is 4.90 Å². The molecule has 4 rings (SSSR count). The zero-order valence-corrected chi connectivity index (χ0v) is 24.4. The van der Waals surface area contributed by atoms with E-state index < -0.39 is 30.4 Å². The molecule has 1 unspecified atom stereocenters. The van der Waals surface area contributed by atoms with E-state index >= 15 is 0 Å². The number of piperidine rings is 1. The van der Waals surface area contributed by atoms with Crippen LogP contribution < -0.4 is 15.4 Å². The summed E-state index contributed by atoms with van der Waals surface area (Å²) in [4.78, 5) is 10.1. The van der Waals surface area contributed by atoms with Gasteiger partial charge in [0.2, 0.25) is 0 Å². The Morgan fingerprint density at radius 3 is 2.27 bits per heavy atom. The maximum absolute atomic E-state index is 15.0. The van der Waals surface area contributed by atoms with Gasteiger partial charge in [0.05, 0.1) is 0 Å². The maximum atomic E-state index is 15.0. The van der Waals surface area contributed by atoms with Crippen LogP contribution in [-0.4, -0.2) is 44.0 Å². The molecule has 0 bridgehead atoms. The first-order valence-corrected chi connectivity index (χ1v) is 15.4. The average molecular weight is 624 g/mol. The van der Waals surface area contributed by atoms with Crippen molar-refractivity contribution in [2.45, 2.75) is 50.5 Å². The summed E-state index contributed by atoms with van der Waals surface area (Å²) in [5.41, 5.74) is 0.535. The van der Waals surface area contributed by atoms with E-state index in [1.165, 1.54) is 12.1 Å². The third kappa shape index (κ3) is 7.31. The zero-order chi connectivity index (χ0) is 29.3. The van der Waals surface area contributed by atoms with E-state index in [0.29, 0.717) is 23.1 Å². The van der Waals surface area contributed by atoms with Crippen LogP contribution in [-0.2, 0) is 28.4 Å². The third-order valence-electron chi connectivity index (χ3n) is 6.64. The number of halogens is 4. The number of hydrogen-bond donors (Lipinski definition) is 3. The average Bonchev–Trinajstić information content (AvgIpc) is 2.83. The van der Waals surface area contributed by atoms with Crippen molar-refractivity contribution < 1.29 is 35.9 Å². The number of aromatic nitrogens is 2. The second-order valence-corrected chi connectivity index (χ2v) is 14.9. The van der Waals surface area contributed by atoms with Gasteiger partial charge in [0.15, 0.2) is 0 Å². The topological polar surface area (TPSA) is 82.2 Å². The molecule has 0 spiro atoms. The van der Waals surface area contributed by atoms with Crippen LogP contribution in [0.4, 0.5) is 46.4 Å². The van der Waals surface area contributed by atoms with Crippen molar-refractivity contribution >= 4 is 36.9 Å². The zero-order valence-electron chi connectivity index (χ0n) is 22.5. The number of anilines is 5. The van der Waals surface area contributed by atoms with Gasteiger partial charge in [-0.05, 0) is 44.5 Å². The number of nitrogens with one attached hydrogen (secondary N) is 3. The molecule has 2 aromatic carbocycles. The molecule has 7 nitrogen and oxygen atoms in total. The van der Waals surface area contributed by atoms with E-state index in [1.54, 1.807) is 51.1 Å². The van der Waals surface area contributed by atoms with Crippen LogP contribution in [0, 0.1) is 5.82 Å². The molecule has 3 N–H and O–H groups in total. The van der Waals surface area contributed by atoms with Crippen LogP contribution in [0.15, 0.2) is 48.7 Å². The van der Waals surface area contributed by atoms with E-state index in [1.807, 2.05) is 7.05 Å². The van der Waals surface area contributed by atoms with Gasteiger partial charge in [-0.25, -0.2) is 4.39 Å². The summed E-state index contributed by atoms with van der Waals surface area (Å²) in [5.74, 6) is -0.896. The van der Waals surface area contributed by atoms with Crippen molar-refractivity contribution in [3.63, 3.8) is 0 Å². The molecule has 0 saturated carbocycles. The first-order chi connectivity index (χ1) is 18.6. The molecule has 0 aliphatic carbocycles. The molecule has 1 atom stereocenters. The summed E-state index contributed by atoms with van der Waals surface area (Å²) in [6, 6.07) is 11.0. The summed E-state index contributed by atoms with van der Waals surface area (Å²) >= 11 is 4.32. The van der Waals surface area contributed by atoms with Gasteiger partial charge >= 0.3 is 174 Å². The Morgan fingerprint density at radius 2 is 1.65 bits per heavy atom. The Bertz CT molecular complexity index is 1470. The number of benzene rings is 2.